The van der Waals surface area contributed by atoms with Crippen LogP contribution in [-0.4, -0.2) is 29.2 Å². The molecule has 2 N–H and O–H groups in total. The molecule has 1 fully saturated rings. The van der Waals surface area contributed by atoms with Crippen LogP contribution < -0.4 is 10.6 Å². The number of alkyl halides is 2. The highest BCUT2D eigenvalue weighted by Crippen LogP contribution is 2.09. The molecule has 86 valence electrons. The summed E-state index contributed by atoms with van der Waals surface area (Å²) in [6.45, 7) is 0.203. The lowest BCUT2D eigenvalue weighted by Gasteiger charge is -2.15. The Balaban J connectivity index is 2.39. The van der Waals surface area contributed by atoms with Gasteiger partial charge in [-0.1, -0.05) is 6.42 Å². The second-order valence-electron chi connectivity index (χ2n) is 3.50. The van der Waals surface area contributed by atoms with E-state index in [1.807, 2.05) is 0 Å². The van der Waals surface area contributed by atoms with Gasteiger partial charge in [-0.15, -0.1) is 23.2 Å². The molecule has 0 radical (unpaired) electrons. The lowest BCUT2D eigenvalue weighted by molar-refractivity contribution is -0.128. The van der Waals surface area contributed by atoms with E-state index in [-0.39, 0.29) is 18.4 Å². The van der Waals surface area contributed by atoms with Crippen LogP contribution in [0.25, 0.3) is 0 Å². The monoisotopic (exact) mass is 252 g/mol. The molecular weight excluding hydrogens is 239 g/mol. The van der Waals surface area contributed by atoms with Crippen molar-refractivity contribution in [2.24, 2.45) is 0 Å². The first-order chi connectivity index (χ1) is 7.09. The second kappa shape index (κ2) is 6.18. The zero-order valence-electron chi connectivity index (χ0n) is 8.26. The zero-order valence-corrected chi connectivity index (χ0v) is 9.77. The van der Waals surface area contributed by atoms with Gasteiger partial charge < -0.3 is 10.6 Å². The molecule has 1 aliphatic heterocycles. The number of halogens is 2. The molecule has 4 nitrogen and oxygen atoms in total. The number of hydrogen-bond donors (Lipinski definition) is 2. The van der Waals surface area contributed by atoms with Crippen LogP contribution in [0.15, 0.2) is 0 Å². The first-order valence-corrected chi connectivity index (χ1v) is 5.82. The van der Waals surface area contributed by atoms with Gasteiger partial charge in [0.1, 0.15) is 10.9 Å². The quantitative estimate of drug-likeness (QED) is 0.736. The smallest absolute Gasteiger partial charge is 0.242 e. The van der Waals surface area contributed by atoms with E-state index in [1.165, 1.54) is 0 Å². The summed E-state index contributed by atoms with van der Waals surface area (Å²) in [4.78, 5) is 22.1. The highest BCUT2D eigenvalue weighted by Gasteiger charge is 2.22. The van der Waals surface area contributed by atoms with Crippen LogP contribution in [0.1, 0.15) is 25.7 Å². The Labute approximate surface area is 98.7 Å². The summed E-state index contributed by atoms with van der Waals surface area (Å²) in [5.41, 5.74) is 0. The molecule has 1 heterocycles. The summed E-state index contributed by atoms with van der Waals surface area (Å²) < 4.78 is 0. The van der Waals surface area contributed by atoms with Gasteiger partial charge in [0.2, 0.25) is 11.8 Å². The summed E-state index contributed by atoms with van der Waals surface area (Å²) in [7, 11) is 0. The van der Waals surface area contributed by atoms with E-state index in [1.54, 1.807) is 0 Å². The molecule has 0 bridgehead atoms. The number of hydrogen-bond acceptors (Lipinski definition) is 2. The summed E-state index contributed by atoms with van der Waals surface area (Å²) in [5, 5.41) is 5.25. The van der Waals surface area contributed by atoms with Gasteiger partial charge in [-0.25, -0.2) is 0 Å². The van der Waals surface area contributed by atoms with Gasteiger partial charge in [0.05, 0.1) is 0 Å². The van der Waals surface area contributed by atoms with E-state index in [0.717, 1.165) is 12.8 Å². The van der Waals surface area contributed by atoms with E-state index in [9.17, 15) is 9.59 Å². The summed E-state index contributed by atoms with van der Waals surface area (Å²) in [5.74, 6) is -0.280. The van der Waals surface area contributed by atoms with Crippen molar-refractivity contribution in [2.45, 2.75) is 36.6 Å². The Morgan fingerprint density at radius 2 is 2.27 bits per heavy atom. The van der Waals surface area contributed by atoms with Crippen molar-refractivity contribution in [1.29, 1.82) is 0 Å². The molecule has 6 heteroatoms. The standard InChI is InChI=1S/C9H14Cl2N2O2/c10-7(11)5-12-9(15)6-3-1-2-4-8(14)13-6/h6-7H,1-5H2,(H,12,15)(H,13,14)/t6-/m1/s1. The SMILES string of the molecule is O=C1CCCC[C@H](C(=O)NCC(Cl)Cl)N1. The molecule has 0 aromatic heterocycles. The first kappa shape index (κ1) is 12.6. The van der Waals surface area contributed by atoms with Crippen LogP contribution >= 0.6 is 23.2 Å². The number of rotatable bonds is 3. The van der Waals surface area contributed by atoms with Crippen LogP contribution in [0, 0.1) is 0 Å². The fraction of sp³-hybridized carbons (Fsp3) is 0.778. The molecule has 1 saturated heterocycles. The predicted octanol–water partition coefficient (Wildman–Crippen LogP) is 0.965. The van der Waals surface area contributed by atoms with Crippen molar-refractivity contribution in [3.63, 3.8) is 0 Å². The normalized spacial score (nSPS) is 22.1. The largest absolute Gasteiger partial charge is 0.352 e. The molecule has 0 aliphatic carbocycles. The molecule has 15 heavy (non-hydrogen) atoms. The molecule has 1 aliphatic rings. The molecule has 0 unspecified atom stereocenters. The molecule has 1 atom stereocenters. The van der Waals surface area contributed by atoms with Gasteiger partial charge in [0.15, 0.2) is 0 Å². The van der Waals surface area contributed by atoms with Crippen molar-refractivity contribution < 1.29 is 9.59 Å². The molecule has 2 amide bonds. The highest BCUT2D eigenvalue weighted by molar-refractivity contribution is 6.44. The third-order valence-corrected chi connectivity index (χ3v) is 2.54. The minimum absolute atomic E-state index is 0.0686. The van der Waals surface area contributed by atoms with E-state index in [4.69, 9.17) is 23.2 Å². The number of nitrogens with one attached hydrogen (secondary N) is 2. The van der Waals surface area contributed by atoms with Crippen LogP contribution in [0.3, 0.4) is 0 Å². The van der Waals surface area contributed by atoms with Crippen LogP contribution in [0.5, 0.6) is 0 Å². The number of carbonyl (C=O) groups is 2. The summed E-state index contributed by atoms with van der Waals surface area (Å²) in [6, 6.07) is -0.438. The topological polar surface area (TPSA) is 58.2 Å². The maximum absolute atomic E-state index is 11.6. The molecule has 0 saturated carbocycles. The highest BCUT2D eigenvalue weighted by atomic mass is 35.5. The van der Waals surface area contributed by atoms with Crippen molar-refractivity contribution in [3.8, 4) is 0 Å². The van der Waals surface area contributed by atoms with E-state index < -0.39 is 10.9 Å². The second-order valence-corrected chi connectivity index (χ2v) is 4.78. The number of amides is 2. The lowest BCUT2D eigenvalue weighted by atomic mass is 10.1. The third kappa shape index (κ3) is 4.71. The van der Waals surface area contributed by atoms with E-state index in [0.29, 0.717) is 12.8 Å². The Hall–Kier alpha value is -0.480. The van der Waals surface area contributed by atoms with Crippen molar-refractivity contribution >= 4 is 35.0 Å². The van der Waals surface area contributed by atoms with Crippen molar-refractivity contribution in [1.82, 2.24) is 10.6 Å². The zero-order chi connectivity index (χ0) is 11.3. The minimum atomic E-state index is -0.615. The van der Waals surface area contributed by atoms with Crippen LogP contribution in [0.4, 0.5) is 0 Å². The van der Waals surface area contributed by atoms with Crippen LogP contribution in [-0.2, 0) is 9.59 Å². The summed E-state index contributed by atoms with van der Waals surface area (Å²) >= 11 is 11.0. The number of carbonyl (C=O) groups excluding carboxylic acids is 2. The predicted molar refractivity (Wildman–Crippen MR) is 58.9 cm³/mol. The molecule has 0 aromatic carbocycles. The maximum Gasteiger partial charge on any atom is 0.242 e. The Kier molecular flexibility index (Phi) is 5.19. The van der Waals surface area contributed by atoms with Crippen LogP contribution in [0.2, 0.25) is 0 Å². The van der Waals surface area contributed by atoms with Crippen molar-refractivity contribution in [3.05, 3.63) is 0 Å². The third-order valence-electron chi connectivity index (χ3n) is 2.23. The van der Waals surface area contributed by atoms with Gasteiger partial charge in [-0.2, -0.15) is 0 Å². The molecular formula is C9H14Cl2N2O2. The Morgan fingerprint density at radius 3 is 2.93 bits per heavy atom. The van der Waals surface area contributed by atoms with Gasteiger partial charge in [0, 0.05) is 13.0 Å². The maximum atomic E-state index is 11.6. The summed E-state index contributed by atoms with van der Waals surface area (Å²) in [6.07, 6.45) is 2.88. The van der Waals surface area contributed by atoms with Gasteiger partial charge in [-0.05, 0) is 12.8 Å². The van der Waals surface area contributed by atoms with Gasteiger partial charge >= 0.3 is 0 Å². The fourth-order valence-electron chi connectivity index (χ4n) is 1.47. The average Bonchev–Trinajstić information content (AvgIpc) is 2.39. The Morgan fingerprint density at radius 1 is 1.53 bits per heavy atom. The first-order valence-electron chi connectivity index (χ1n) is 4.95. The van der Waals surface area contributed by atoms with E-state index in [2.05, 4.69) is 10.6 Å². The Bertz CT molecular complexity index is 246. The van der Waals surface area contributed by atoms with E-state index >= 15 is 0 Å². The average molecular weight is 253 g/mol. The van der Waals surface area contributed by atoms with Crippen molar-refractivity contribution in [2.75, 3.05) is 6.54 Å². The minimum Gasteiger partial charge on any atom is -0.352 e. The fourth-order valence-corrected chi connectivity index (χ4v) is 1.62. The molecule has 0 aromatic rings. The van der Waals surface area contributed by atoms with Gasteiger partial charge in [-0.3, -0.25) is 9.59 Å². The van der Waals surface area contributed by atoms with Gasteiger partial charge in [0.25, 0.3) is 0 Å². The lowest BCUT2D eigenvalue weighted by Crippen LogP contribution is -2.46. The molecule has 1 rings (SSSR count). The molecule has 0 spiro atoms.